The zero-order valence-corrected chi connectivity index (χ0v) is 65.0. The molecule has 0 aliphatic heterocycles. The smallest absolute Gasteiger partial charge is 0.416 e. The number of carboxylic acids is 1. The van der Waals surface area contributed by atoms with Gasteiger partial charge in [-0.1, -0.05) is 0 Å². The number of hydrogen-bond acceptors (Lipinski definition) is 21. The fourth-order valence-electron chi connectivity index (χ4n) is 9.36. The van der Waals surface area contributed by atoms with Crippen LogP contribution in [0.5, 0.6) is 69.0 Å². The number of aromatic hydroxyl groups is 1. The first-order chi connectivity index (χ1) is 53.8. The summed E-state index contributed by atoms with van der Waals surface area (Å²) in [5, 5.41) is 27.7. The summed E-state index contributed by atoms with van der Waals surface area (Å²) in [6.07, 6.45) is -14.9. The Morgan fingerprint density at radius 3 is 0.947 bits per heavy atom. The number of benzene rings is 9. The van der Waals surface area contributed by atoms with Crippen molar-refractivity contribution in [1.82, 2.24) is 0 Å². The Kier molecular flexibility index (Phi) is 37.5. The molecule has 3 unspecified atom stereocenters. The molecule has 3 N–H and O–H groups in total. The zero-order valence-electron chi connectivity index (χ0n) is 62.6. The first-order valence-corrected chi connectivity index (χ1v) is 37.4. The number of aliphatic carboxylic acids is 1. The zero-order chi connectivity index (χ0) is 82.5. The highest BCUT2D eigenvalue weighted by molar-refractivity contribution is 7.99. The van der Waals surface area contributed by atoms with Crippen LogP contribution in [-0.4, -0.2) is 143 Å². The molecule has 0 amide bonds. The maximum absolute atomic E-state index is 12.9. The molecule has 0 saturated heterocycles. The average molecular weight is 1640 g/mol. The molecule has 0 aromatic heterocycles. The second kappa shape index (κ2) is 46.4. The van der Waals surface area contributed by atoms with Gasteiger partial charge in [-0.15, -0.1) is 35.3 Å². The number of aliphatic hydroxyl groups excluding tert-OH is 1. The number of aryl methyl sites for hydroxylation is 3. The predicted molar refractivity (Wildman–Crippen MR) is 409 cm³/mol. The number of carboxylic acid groups (broad SMARTS) is 1. The van der Waals surface area contributed by atoms with E-state index in [-0.39, 0.29) is 44.5 Å². The number of aliphatic hydroxyl groups is 1. The van der Waals surface area contributed by atoms with Crippen molar-refractivity contribution in [3.63, 3.8) is 0 Å². The number of thioether (sulfide) groups is 3. The van der Waals surface area contributed by atoms with Crippen LogP contribution >= 0.6 is 35.3 Å². The van der Waals surface area contributed by atoms with Crippen LogP contribution in [0.25, 0.3) is 0 Å². The second-order valence-electron chi connectivity index (χ2n) is 23.8. The minimum Gasteiger partial charge on any atom is -0.508 e. The Morgan fingerprint density at radius 2 is 0.655 bits per heavy atom. The lowest BCUT2D eigenvalue weighted by molar-refractivity contribution is -0.146. The van der Waals surface area contributed by atoms with Crippen molar-refractivity contribution in [3.05, 3.63) is 234 Å². The summed E-state index contributed by atoms with van der Waals surface area (Å²) in [5.41, 5.74) is 0.234. The molecule has 0 saturated carbocycles. The van der Waals surface area contributed by atoms with Gasteiger partial charge in [0.15, 0.2) is 19.8 Å². The van der Waals surface area contributed by atoms with E-state index in [1.54, 1.807) is 126 Å². The third kappa shape index (κ3) is 34.1. The largest absolute Gasteiger partial charge is 0.508 e. The maximum Gasteiger partial charge on any atom is 0.416 e. The summed E-state index contributed by atoms with van der Waals surface area (Å²) in [6, 6.07) is 50.5. The highest BCUT2D eigenvalue weighted by atomic mass is 32.2. The summed E-state index contributed by atoms with van der Waals surface area (Å²) in [7, 11) is 4.72. The standard InChI is InChI=1S/C28H29F3O6S.C26H25F3O6S.C21H23F3O5S.C7H8O2/c1-4-34-27(32)17-36-26-14-13-25(15-19(26)2)38-18-24(37-23-11-9-21(33-3)10-12-23)16-35-22-7-5-20(6-8-22)28(29,30)31;1-17-13-23(11-12-24(17)34-15-25(30)31)36-16-22(35-21-9-7-19(32-2)8-10-21)14-33-20-5-3-18(4-6-20)26(27,28)29;1-3-27-20(26)12-29-19-9-8-18(10-14(19)2)30-13-16(25)11-28-17-6-4-15(5-7-17)21(22,23)24;1-9-7-4-2-6(8)3-5-7/h5-15,24H,4,16-18H2,1-3H3;3-13,22H,14-16H2,1-2H3,(H,30,31);4-10,16,25H,3,11-13H2,1-2H3;2-5,8H,1H3. The number of carbonyl (C=O) groups is 3. The molecule has 31 heteroatoms. The molecule has 0 aliphatic carbocycles. The van der Waals surface area contributed by atoms with Crippen LogP contribution in [0.15, 0.2) is 215 Å². The average Bonchev–Trinajstić information content (AvgIpc) is 0.661. The van der Waals surface area contributed by atoms with E-state index in [0.29, 0.717) is 82.2 Å². The summed E-state index contributed by atoms with van der Waals surface area (Å²) < 4.78 is 185. The van der Waals surface area contributed by atoms with Gasteiger partial charge < -0.3 is 76.9 Å². The van der Waals surface area contributed by atoms with Crippen LogP contribution in [0.1, 0.15) is 47.2 Å². The maximum atomic E-state index is 12.9. The molecule has 113 heavy (non-hydrogen) atoms. The number of phenolic OH excluding ortho intramolecular Hbond substituents is 1. The molecule has 0 spiro atoms. The molecule has 0 aliphatic rings. The highest BCUT2D eigenvalue weighted by Gasteiger charge is 2.32. The van der Waals surface area contributed by atoms with E-state index in [2.05, 4.69) is 0 Å². The lowest BCUT2D eigenvalue weighted by Gasteiger charge is -2.20. The van der Waals surface area contributed by atoms with Crippen LogP contribution in [-0.2, 0) is 42.4 Å². The number of hydrogen-bond donors (Lipinski definition) is 3. The highest BCUT2D eigenvalue weighted by Crippen LogP contribution is 2.36. The number of alkyl halides is 9. The SMILES string of the molecule is CCOC(=O)COc1ccc(SCC(COc2ccc(C(F)(F)F)cc2)Oc2ccc(OC)cc2)cc1C.CCOC(=O)COc1ccc(SCC(O)COc2ccc(C(F)(F)F)cc2)cc1C.COc1ccc(O)cc1.COc1ccc(OC(COc2ccc(C(F)(F)F)cc2)CSc2ccc(OCC(=O)O)c(C)c2)cc1. The van der Waals surface area contributed by atoms with E-state index in [4.69, 9.17) is 71.8 Å². The van der Waals surface area contributed by atoms with E-state index in [1.165, 1.54) is 71.7 Å². The fraction of sp³-hybridized carbons (Fsp3) is 0.305. The first kappa shape index (κ1) is 91.2. The Labute approximate surface area is 660 Å². The van der Waals surface area contributed by atoms with Crippen LogP contribution in [0.2, 0.25) is 0 Å². The van der Waals surface area contributed by atoms with E-state index >= 15 is 0 Å². The van der Waals surface area contributed by atoms with E-state index in [0.717, 1.165) is 73.5 Å². The summed E-state index contributed by atoms with van der Waals surface area (Å²) >= 11 is 4.42. The monoisotopic (exact) mass is 1640 g/mol. The quantitative estimate of drug-likeness (QED) is 0.0188. The van der Waals surface area contributed by atoms with Crippen LogP contribution in [0, 0.1) is 20.8 Å². The number of halogens is 9. The number of rotatable bonds is 36. The third-order valence-corrected chi connectivity index (χ3v) is 18.5. The Morgan fingerprint density at radius 1 is 0.372 bits per heavy atom. The molecule has 0 radical (unpaired) electrons. The van der Waals surface area contributed by atoms with Crippen LogP contribution in [0.4, 0.5) is 39.5 Å². The van der Waals surface area contributed by atoms with Gasteiger partial charge in [0.1, 0.15) is 101 Å². The van der Waals surface area contributed by atoms with E-state index < -0.39 is 78.0 Å². The summed E-state index contributed by atoms with van der Waals surface area (Å²) in [6.45, 7) is 8.99. The Hall–Kier alpha value is -10.6. The van der Waals surface area contributed by atoms with Crippen molar-refractivity contribution in [1.29, 1.82) is 0 Å². The van der Waals surface area contributed by atoms with E-state index in [1.807, 2.05) is 57.2 Å². The van der Waals surface area contributed by atoms with Crippen molar-refractivity contribution in [3.8, 4) is 69.0 Å². The normalized spacial score (nSPS) is 11.8. The summed E-state index contributed by atoms with van der Waals surface area (Å²) in [5.74, 6) is 5.45. The van der Waals surface area contributed by atoms with Crippen LogP contribution < -0.4 is 52.1 Å². The van der Waals surface area contributed by atoms with E-state index in [9.17, 15) is 59.0 Å². The number of esters is 2. The second-order valence-corrected chi connectivity index (χ2v) is 27.0. The molecular weight excluding hydrogens is 1560 g/mol. The third-order valence-electron chi connectivity index (χ3n) is 15.1. The molecule has 0 heterocycles. The van der Waals surface area contributed by atoms with Gasteiger partial charge in [0.25, 0.3) is 0 Å². The molecule has 19 nitrogen and oxygen atoms in total. The fourth-order valence-corrected chi connectivity index (χ4v) is 12.2. The lowest BCUT2D eigenvalue weighted by atomic mass is 10.2. The minimum atomic E-state index is -4.42. The van der Waals surface area contributed by atoms with Crippen molar-refractivity contribution in [2.45, 2.75) is 86.1 Å². The topological polar surface area (TPSA) is 232 Å². The van der Waals surface area contributed by atoms with Crippen molar-refractivity contribution in [2.24, 2.45) is 0 Å². The molecular formula is C82H85F9O19S3. The van der Waals surface area contributed by atoms with Gasteiger partial charge in [-0.3, -0.25) is 0 Å². The Bertz CT molecular complexity index is 4330. The Balaban J connectivity index is 0.000000251. The van der Waals surface area contributed by atoms with Gasteiger partial charge in [-0.05, 0) is 251 Å². The van der Waals surface area contributed by atoms with Crippen molar-refractivity contribution >= 4 is 53.2 Å². The van der Waals surface area contributed by atoms with Gasteiger partial charge in [0.2, 0.25) is 0 Å². The van der Waals surface area contributed by atoms with Gasteiger partial charge in [0.05, 0.1) is 57.3 Å². The molecule has 608 valence electrons. The first-order valence-electron chi connectivity index (χ1n) is 34.5. The number of phenols is 1. The van der Waals surface area contributed by atoms with Crippen molar-refractivity contribution in [2.75, 3.05) is 91.4 Å². The predicted octanol–water partition coefficient (Wildman–Crippen LogP) is 18.6. The molecule has 0 fully saturated rings. The van der Waals surface area contributed by atoms with Crippen molar-refractivity contribution < 1.29 is 131 Å². The van der Waals surface area contributed by atoms with Gasteiger partial charge >= 0.3 is 36.4 Å². The summed E-state index contributed by atoms with van der Waals surface area (Å²) in [4.78, 5) is 36.4. The van der Waals surface area contributed by atoms with Gasteiger partial charge in [-0.25, -0.2) is 14.4 Å². The molecule has 9 aromatic rings. The van der Waals surface area contributed by atoms with Crippen LogP contribution in [0.3, 0.4) is 0 Å². The molecule has 0 bridgehead atoms. The minimum absolute atomic E-state index is 0.0436. The number of ether oxygens (including phenoxy) is 13. The molecule has 9 aromatic carbocycles. The van der Waals surface area contributed by atoms with Gasteiger partial charge in [0, 0.05) is 31.9 Å². The molecule has 9 rings (SSSR count). The number of carbonyl (C=O) groups excluding carboxylic acids is 2. The number of methoxy groups -OCH3 is 3. The lowest BCUT2D eigenvalue weighted by Crippen LogP contribution is -2.27. The molecule has 3 atom stereocenters. The van der Waals surface area contributed by atoms with Gasteiger partial charge in [-0.2, -0.15) is 39.5 Å².